The molecule has 1 amide bonds. The van der Waals surface area contributed by atoms with Gasteiger partial charge in [0.2, 0.25) is 0 Å². The van der Waals surface area contributed by atoms with E-state index in [4.69, 9.17) is 10.5 Å². The summed E-state index contributed by atoms with van der Waals surface area (Å²) in [7, 11) is 0. The Morgan fingerprint density at radius 1 is 1.14 bits per heavy atom. The van der Waals surface area contributed by atoms with Crippen LogP contribution < -0.4 is 10.5 Å². The Morgan fingerprint density at radius 2 is 1.86 bits per heavy atom. The van der Waals surface area contributed by atoms with E-state index in [1.165, 1.54) is 37.7 Å². The van der Waals surface area contributed by atoms with Gasteiger partial charge in [0, 0.05) is 6.20 Å². The molecule has 1 saturated carbocycles. The van der Waals surface area contributed by atoms with E-state index in [-0.39, 0.29) is 24.1 Å². The smallest absolute Gasteiger partial charge is 0.268 e. The summed E-state index contributed by atoms with van der Waals surface area (Å²) in [5, 5.41) is 10.3. The molecule has 0 bridgehead atoms. The van der Waals surface area contributed by atoms with Gasteiger partial charge in [-0.2, -0.15) is 0 Å². The van der Waals surface area contributed by atoms with Crippen LogP contribution in [0.15, 0.2) is 61.1 Å². The van der Waals surface area contributed by atoms with Crippen molar-refractivity contribution < 1.29 is 14.6 Å². The summed E-state index contributed by atoms with van der Waals surface area (Å²) in [5.41, 5.74) is 9.22. The molecule has 1 heterocycles. The maximum Gasteiger partial charge on any atom is 0.268 e. The SMILES string of the molecule is C[C@H](O)[C@@H](CCc1ccccc1OCc1ccc(C2CCCCC2)cc1)n1cnc(C(N)=O)c1.Cl. The highest BCUT2D eigenvalue weighted by atomic mass is 35.5. The van der Waals surface area contributed by atoms with Crippen LogP contribution >= 0.6 is 12.4 Å². The fourth-order valence-corrected chi connectivity index (χ4v) is 4.92. The lowest BCUT2D eigenvalue weighted by Crippen LogP contribution is -2.21. The predicted molar refractivity (Wildman–Crippen MR) is 140 cm³/mol. The Morgan fingerprint density at radius 3 is 2.51 bits per heavy atom. The average Bonchev–Trinajstić information content (AvgIpc) is 3.34. The molecule has 188 valence electrons. The number of benzene rings is 2. The molecule has 0 radical (unpaired) electrons. The third-order valence-electron chi connectivity index (χ3n) is 6.93. The van der Waals surface area contributed by atoms with E-state index in [9.17, 15) is 9.90 Å². The maximum absolute atomic E-state index is 11.4. The molecule has 1 fully saturated rings. The number of nitrogens with two attached hydrogens (primary N) is 1. The lowest BCUT2D eigenvalue weighted by atomic mass is 9.84. The van der Waals surface area contributed by atoms with Gasteiger partial charge in [-0.25, -0.2) is 4.98 Å². The topological polar surface area (TPSA) is 90.4 Å². The van der Waals surface area contributed by atoms with E-state index in [1.807, 2.05) is 18.2 Å². The van der Waals surface area contributed by atoms with Crippen molar-refractivity contribution in [2.75, 3.05) is 0 Å². The van der Waals surface area contributed by atoms with Crippen molar-refractivity contribution in [3.8, 4) is 5.75 Å². The zero-order valence-electron chi connectivity index (χ0n) is 20.3. The van der Waals surface area contributed by atoms with Crippen LogP contribution in [0.1, 0.15) is 84.6 Å². The molecule has 7 heteroatoms. The third kappa shape index (κ3) is 7.09. The number of aliphatic hydroxyl groups is 1. The van der Waals surface area contributed by atoms with Crippen LogP contribution in [0, 0.1) is 0 Å². The molecule has 35 heavy (non-hydrogen) atoms. The summed E-state index contributed by atoms with van der Waals surface area (Å²) in [4.78, 5) is 15.4. The molecular weight excluding hydrogens is 462 g/mol. The van der Waals surface area contributed by atoms with E-state index < -0.39 is 12.0 Å². The summed E-state index contributed by atoms with van der Waals surface area (Å²) in [5.74, 6) is 0.987. The molecule has 6 nitrogen and oxygen atoms in total. The van der Waals surface area contributed by atoms with Gasteiger partial charge in [0.05, 0.1) is 18.5 Å². The molecule has 1 aliphatic rings. The summed E-state index contributed by atoms with van der Waals surface area (Å²) < 4.78 is 7.97. The number of halogens is 1. The van der Waals surface area contributed by atoms with Crippen molar-refractivity contribution in [3.63, 3.8) is 0 Å². The summed E-state index contributed by atoms with van der Waals surface area (Å²) in [6.45, 7) is 2.26. The molecule has 2 atom stereocenters. The van der Waals surface area contributed by atoms with Crippen LogP contribution in [-0.4, -0.2) is 26.7 Å². The second-order valence-corrected chi connectivity index (χ2v) is 9.39. The summed E-state index contributed by atoms with van der Waals surface area (Å²) >= 11 is 0. The number of aryl methyl sites for hydroxylation is 1. The first-order valence-electron chi connectivity index (χ1n) is 12.3. The molecular formula is C28H36ClN3O3. The number of primary amides is 1. The van der Waals surface area contributed by atoms with Crippen molar-refractivity contribution in [1.29, 1.82) is 0 Å². The molecule has 0 saturated heterocycles. The van der Waals surface area contributed by atoms with Gasteiger partial charge in [-0.1, -0.05) is 61.7 Å². The Balaban J connectivity index is 0.00000342. The fourth-order valence-electron chi connectivity index (χ4n) is 4.92. The first-order chi connectivity index (χ1) is 16.5. The highest BCUT2D eigenvalue weighted by molar-refractivity contribution is 5.90. The van der Waals surface area contributed by atoms with Crippen molar-refractivity contribution in [1.82, 2.24) is 9.55 Å². The minimum Gasteiger partial charge on any atom is -0.489 e. The van der Waals surface area contributed by atoms with Crippen molar-refractivity contribution >= 4 is 18.3 Å². The number of aliphatic hydroxyl groups excluding tert-OH is 1. The van der Waals surface area contributed by atoms with Gasteiger partial charge in [0.1, 0.15) is 18.1 Å². The quantitative estimate of drug-likeness (QED) is 0.382. The van der Waals surface area contributed by atoms with Gasteiger partial charge in [-0.3, -0.25) is 4.79 Å². The largest absolute Gasteiger partial charge is 0.489 e. The van der Waals surface area contributed by atoms with Crippen LogP contribution in [-0.2, 0) is 13.0 Å². The predicted octanol–water partition coefficient (Wildman–Crippen LogP) is 5.59. The highest BCUT2D eigenvalue weighted by Crippen LogP contribution is 2.33. The zero-order valence-corrected chi connectivity index (χ0v) is 21.1. The van der Waals surface area contributed by atoms with Crippen LogP contribution in [0.2, 0.25) is 0 Å². The normalized spacial score (nSPS) is 15.7. The van der Waals surface area contributed by atoms with Crippen LogP contribution in [0.4, 0.5) is 0 Å². The summed E-state index contributed by atoms with van der Waals surface area (Å²) in [6, 6.07) is 16.7. The number of ether oxygens (including phenoxy) is 1. The molecule has 0 spiro atoms. The van der Waals surface area contributed by atoms with Crippen molar-refractivity contribution in [2.45, 2.75) is 76.5 Å². The number of imidazole rings is 1. The van der Waals surface area contributed by atoms with Crippen LogP contribution in [0.5, 0.6) is 5.75 Å². The Bertz CT molecular complexity index is 1080. The second-order valence-electron chi connectivity index (χ2n) is 9.39. The number of aromatic nitrogens is 2. The van der Waals surface area contributed by atoms with Gasteiger partial charge < -0.3 is 20.1 Å². The van der Waals surface area contributed by atoms with Gasteiger partial charge >= 0.3 is 0 Å². The lowest BCUT2D eigenvalue weighted by molar-refractivity contribution is 0.0994. The number of carbonyl (C=O) groups excluding carboxylic acids is 1. The van der Waals surface area contributed by atoms with E-state index >= 15 is 0 Å². The first kappa shape index (κ1) is 26.8. The molecule has 3 N–H and O–H groups in total. The highest BCUT2D eigenvalue weighted by Gasteiger charge is 2.20. The number of hydrogen-bond donors (Lipinski definition) is 2. The number of carbonyl (C=O) groups is 1. The number of para-hydroxylation sites is 1. The minimum atomic E-state index is -0.606. The maximum atomic E-state index is 11.4. The molecule has 4 rings (SSSR count). The fraction of sp³-hybridized carbons (Fsp3) is 0.429. The molecule has 0 unspecified atom stereocenters. The standard InChI is InChI=1S/C28H35N3O3.ClH/c1-20(32)26(31-17-25(28(29)33)30-19-31)16-15-24-9-5-6-10-27(24)34-18-21-11-13-23(14-12-21)22-7-3-2-4-8-22;/h5-6,9-14,17,19-20,22,26,32H,2-4,7-8,15-16,18H2,1H3,(H2,29,33);1H/t20-,26+;/m0./s1. The molecule has 3 aromatic rings. The third-order valence-corrected chi connectivity index (χ3v) is 6.93. The van der Waals surface area contributed by atoms with Gasteiger partial charge in [-0.05, 0) is 61.3 Å². The molecule has 1 aromatic heterocycles. The van der Waals surface area contributed by atoms with E-state index in [1.54, 1.807) is 24.0 Å². The Hall–Kier alpha value is -2.83. The minimum absolute atomic E-state index is 0. The number of nitrogens with zero attached hydrogens (tertiary/aromatic N) is 2. The van der Waals surface area contributed by atoms with E-state index in [0.29, 0.717) is 18.9 Å². The summed E-state index contributed by atoms with van der Waals surface area (Å²) in [6.07, 6.45) is 10.6. The van der Waals surface area contributed by atoms with E-state index in [2.05, 4.69) is 35.3 Å². The monoisotopic (exact) mass is 497 g/mol. The number of amides is 1. The van der Waals surface area contributed by atoms with Crippen molar-refractivity contribution in [3.05, 3.63) is 83.4 Å². The van der Waals surface area contributed by atoms with Crippen LogP contribution in [0.25, 0.3) is 0 Å². The molecule has 1 aliphatic carbocycles. The molecule has 2 aromatic carbocycles. The van der Waals surface area contributed by atoms with Gasteiger partial charge in [-0.15, -0.1) is 12.4 Å². The van der Waals surface area contributed by atoms with Gasteiger partial charge in [0.15, 0.2) is 0 Å². The average molecular weight is 498 g/mol. The van der Waals surface area contributed by atoms with Crippen molar-refractivity contribution in [2.24, 2.45) is 5.73 Å². The first-order valence-corrected chi connectivity index (χ1v) is 12.3. The van der Waals surface area contributed by atoms with Crippen LogP contribution in [0.3, 0.4) is 0 Å². The van der Waals surface area contributed by atoms with E-state index in [0.717, 1.165) is 23.3 Å². The number of rotatable bonds is 10. The Labute approximate surface area is 213 Å². The number of hydrogen-bond acceptors (Lipinski definition) is 4. The zero-order chi connectivity index (χ0) is 23.9. The van der Waals surface area contributed by atoms with Gasteiger partial charge in [0.25, 0.3) is 5.91 Å². The molecule has 0 aliphatic heterocycles. The lowest BCUT2D eigenvalue weighted by Gasteiger charge is -2.22. The Kier molecular flexibility index (Phi) is 9.75. The second kappa shape index (κ2) is 12.8.